The highest BCUT2D eigenvalue weighted by Gasteiger charge is 2.21. The molecule has 2 amide bonds. The van der Waals surface area contributed by atoms with Gasteiger partial charge in [-0.2, -0.15) is 5.26 Å². The molecule has 0 saturated heterocycles. The molecular formula is C23H20ClN3O5. The lowest BCUT2D eigenvalue weighted by Gasteiger charge is -2.12. The molecule has 2 rings (SSSR count). The molecule has 0 fully saturated rings. The highest BCUT2D eigenvalue weighted by Crippen LogP contribution is 2.18. The minimum absolute atomic E-state index is 0.000527. The van der Waals surface area contributed by atoms with Crippen molar-refractivity contribution in [2.75, 3.05) is 11.9 Å². The van der Waals surface area contributed by atoms with E-state index in [9.17, 15) is 24.8 Å². The van der Waals surface area contributed by atoms with Gasteiger partial charge < -0.3 is 20.5 Å². The number of aliphatic hydroxyl groups is 1. The molecule has 2 aromatic carbocycles. The number of aliphatic hydroxyl groups excluding tert-OH is 1. The summed E-state index contributed by atoms with van der Waals surface area (Å²) in [6, 6.07) is 14.1. The Labute approximate surface area is 189 Å². The lowest BCUT2D eigenvalue weighted by atomic mass is 10.1. The van der Waals surface area contributed by atoms with Crippen LogP contribution >= 0.6 is 11.6 Å². The number of amides is 2. The van der Waals surface area contributed by atoms with E-state index in [4.69, 9.17) is 16.3 Å². The highest BCUT2D eigenvalue weighted by atomic mass is 35.5. The lowest BCUT2D eigenvalue weighted by Crippen LogP contribution is -2.25. The smallest absolute Gasteiger partial charge is 0.352 e. The number of anilines is 1. The number of rotatable bonds is 7. The summed E-state index contributed by atoms with van der Waals surface area (Å²) in [6.45, 7) is 2.92. The van der Waals surface area contributed by atoms with Crippen LogP contribution in [0.4, 0.5) is 5.69 Å². The van der Waals surface area contributed by atoms with Gasteiger partial charge in [0.15, 0.2) is 11.3 Å². The molecule has 0 heterocycles. The van der Waals surface area contributed by atoms with E-state index in [1.165, 1.54) is 37.3 Å². The summed E-state index contributed by atoms with van der Waals surface area (Å²) in [6.07, 6.45) is 1.38. The fourth-order valence-corrected chi connectivity index (χ4v) is 2.65. The van der Waals surface area contributed by atoms with E-state index < -0.39 is 23.2 Å². The minimum atomic E-state index is -1.02. The van der Waals surface area contributed by atoms with Crippen molar-refractivity contribution in [1.29, 1.82) is 5.26 Å². The van der Waals surface area contributed by atoms with Crippen LogP contribution in [0.5, 0.6) is 0 Å². The summed E-state index contributed by atoms with van der Waals surface area (Å²) >= 11 is 5.89. The number of esters is 1. The topological polar surface area (TPSA) is 129 Å². The van der Waals surface area contributed by atoms with Crippen LogP contribution in [0.2, 0.25) is 5.02 Å². The predicted octanol–water partition coefficient (Wildman–Crippen LogP) is 3.97. The Morgan fingerprint density at radius 2 is 1.75 bits per heavy atom. The second-order valence-electron chi connectivity index (χ2n) is 6.38. The van der Waals surface area contributed by atoms with Gasteiger partial charge in [0.25, 0.3) is 5.91 Å². The summed E-state index contributed by atoms with van der Waals surface area (Å²) in [4.78, 5) is 35.9. The molecule has 0 aliphatic carbocycles. The van der Waals surface area contributed by atoms with Crippen LogP contribution in [-0.2, 0) is 14.3 Å². The molecule has 0 saturated carbocycles. The molecular weight excluding hydrogens is 434 g/mol. The van der Waals surface area contributed by atoms with Gasteiger partial charge in [0.1, 0.15) is 6.07 Å². The van der Waals surface area contributed by atoms with E-state index in [1.807, 2.05) is 0 Å². The van der Waals surface area contributed by atoms with Crippen molar-refractivity contribution < 1.29 is 24.2 Å². The molecule has 0 aliphatic rings. The number of carbonyl (C=O) groups is 3. The van der Waals surface area contributed by atoms with Crippen molar-refractivity contribution in [3.05, 3.63) is 81.7 Å². The van der Waals surface area contributed by atoms with Gasteiger partial charge in [-0.25, -0.2) is 4.79 Å². The quantitative estimate of drug-likeness (QED) is 0.191. The first-order valence-corrected chi connectivity index (χ1v) is 9.80. The van der Waals surface area contributed by atoms with Crippen molar-refractivity contribution in [3.8, 4) is 6.07 Å². The van der Waals surface area contributed by atoms with Gasteiger partial charge >= 0.3 is 5.97 Å². The Balaban J connectivity index is 2.43. The predicted molar refractivity (Wildman–Crippen MR) is 120 cm³/mol. The fraction of sp³-hybridized carbons (Fsp3) is 0.130. The van der Waals surface area contributed by atoms with Crippen LogP contribution in [0.15, 0.2) is 65.6 Å². The Kier molecular flexibility index (Phi) is 8.57. The third-order valence-electron chi connectivity index (χ3n) is 3.98. The molecule has 2 aromatic rings. The molecule has 0 spiro atoms. The summed E-state index contributed by atoms with van der Waals surface area (Å²) in [5, 5.41) is 25.5. The van der Waals surface area contributed by atoms with Gasteiger partial charge in [0, 0.05) is 23.2 Å². The molecule has 0 bridgehead atoms. The van der Waals surface area contributed by atoms with Crippen LogP contribution < -0.4 is 10.6 Å². The molecule has 3 N–H and O–H groups in total. The first-order valence-electron chi connectivity index (χ1n) is 9.42. The number of hydrogen-bond donors (Lipinski definition) is 3. The number of ether oxygens (including phenoxy) is 1. The van der Waals surface area contributed by atoms with Gasteiger partial charge in [0.05, 0.1) is 12.3 Å². The molecule has 0 aliphatic heterocycles. The van der Waals surface area contributed by atoms with Crippen LogP contribution in [0, 0.1) is 11.3 Å². The average Bonchev–Trinajstić information content (AvgIpc) is 2.75. The van der Waals surface area contributed by atoms with Crippen molar-refractivity contribution >= 4 is 41.1 Å². The average molecular weight is 454 g/mol. The number of halogens is 1. The van der Waals surface area contributed by atoms with E-state index >= 15 is 0 Å². The van der Waals surface area contributed by atoms with E-state index in [2.05, 4.69) is 10.6 Å². The first-order chi connectivity index (χ1) is 15.2. The van der Waals surface area contributed by atoms with Crippen molar-refractivity contribution in [2.24, 2.45) is 0 Å². The van der Waals surface area contributed by atoms with Gasteiger partial charge in [-0.3, -0.25) is 9.59 Å². The Hall–Kier alpha value is -4.09. The van der Waals surface area contributed by atoms with Crippen LogP contribution in [0.1, 0.15) is 29.8 Å². The zero-order valence-corrected chi connectivity index (χ0v) is 18.1. The van der Waals surface area contributed by atoms with E-state index in [1.54, 1.807) is 37.3 Å². The fourth-order valence-electron chi connectivity index (χ4n) is 2.53. The third kappa shape index (κ3) is 6.72. The van der Waals surface area contributed by atoms with Crippen LogP contribution in [-0.4, -0.2) is 29.5 Å². The number of nitriles is 1. The second-order valence-corrected chi connectivity index (χ2v) is 6.81. The van der Waals surface area contributed by atoms with E-state index in [-0.39, 0.29) is 23.8 Å². The minimum Gasteiger partial charge on any atom is -0.504 e. The van der Waals surface area contributed by atoms with E-state index in [0.717, 1.165) is 0 Å². The van der Waals surface area contributed by atoms with Gasteiger partial charge in [-0.05, 0) is 55.0 Å². The number of hydrogen-bond acceptors (Lipinski definition) is 6. The zero-order chi connectivity index (χ0) is 23.7. The van der Waals surface area contributed by atoms with Crippen LogP contribution in [0.25, 0.3) is 6.08 Å². The van der Waals surface area contributed by atoms with Crippen molar-refractivity contribution in [3.63, 3.8) is 0 Å². The molecule has 32 heavy (non-hydrogen) atoms. The summed E-state index contributed by atoms with van der Waals surface area (Å²) in [5.74, 6) is -2.65. The number of carbonyl (C=O) groups excluding carboxylic acids is 3. The van der Waals surface area contributed by atoms with Crippen molar-refractivity contribution in [2.45, 2.75) is 13.8 Å². The van der Waals surface area contributed by atoms with Gasteiger partial charge in [0.2, 0.25) is 5.91 Å². The van der Waals surface area contributed by atoms with E-state index in [0.29, 0.717) is 16.3 Å². The maximum absolute atomic E-state index is 12.8. The first kappa shape index (κ1) is 24.2. The summed E-state index contributed by atoms with van der Waals surface area (Å²) < 4.78 is 4.80. The molecule has 0 unspecified atom stereocenters. The Bertz CT molecular complexity index is 1110. The van der Waals surface area contributed by atoms with Gasteiger partial charge in [-0.15, -0.1) is 0 Å². The zero-order valence-electron chi connectivity index (χ0n) is 17.3. The SMILES string of the molecule is CCOC(=O)/C(C#N)=C(O)\C(=C/c1ccc(Cl)cc1)NC(=O)c1ccc(NC(C)=O)cc1. The van der Waals surface area contributed by atoms with Gasteiger partial charge in [-0.1, -0.05) is 23.7 Å². The second kappa shape index (κ2) is 11.3. The summed E-state index contributed by atoms with van der Waals surface area (Å²) in [5.41, 5.74) is 0.408. The molecule has 8 nitrogen and oxygen atoms in total. The highest BCUT2D eigenvalue weighted by molar-refractivity contribution is 6.30. The normalized spacial score (nSPS) is 11.6. The van der Waals surface area contributed by atoms with Crippen LogP contribution in [0.3, 0.4) is 0 Å². The molecule has 0 aromatic heterocycles. The number of nitrogens with zero attached hydrogens (tertiary/aromatic N) is 1. The third-order valence-corrected chi connectivity index (χ3v) is 4.23. The molecule has 164 valence electrons. The molecule has 0 atom stereocenters. The Morgan fingerprint density at radius 1 is 1.12 bits per heavy atom. The molecule has 0 radical (unpaired) electrons. The maximum Gasteiger partial charge on any atom is 0.352 e. The lowest BCUT2D eigenvalue weighted by molar-refractivity contribution is -0.138. The summed E-state index contributed by atoms with van der Waals surface area (Å²) in [7, 11) is 0. The monoisotopic (exact) mass is 453 g/mol. The molecule has 9 heteroatoms. The number of nitrogens with one attached hydrogen (secondary N) is 2. The number of benzene rings is 2. The Morgan fingerprint density at radius 3 is 2.28 bits per heavy atom. The largest absolute Gasteiger partial charge is 0.504 e. The standard InChI is InChI=1S/C23H20ClN3O5/c1-3-32-23(31)19(13-25)21(29)20(12-15-4-8-17(24)9-5-15)27-22(30)16-6-10-18(11-7-16)26-14(2)28/h4-12,29H,3H2,1-2H3,(H,26,28)(H,27,30)/b20-12+,21-19+. The van der Waals surface area contributed by atoms with Crippen molar-refractivity contribution in [1.82, 2.24) is 5.32 Å². The maximum atomic E-state index is 12.8.